The zero-order valence-electron chi connectivity index (χ0n) is 13.2. The lowest BCUT2D eigenvalue weighted by atomic mass is 10.1. The maximum Gasteiger partial charge on any atom is 0.243 e. The fourth-order valence-electron chi connectivity index (χ4n) is 2.23. The van der Waals surface area contributed by atoms with E-state index in [1.165, 1.54) is 5.01 Å². The van der Waals surface area contributed by atoms with E-state index in [4.69, 9.17) is 0 Å². The lowest BCUT2D eigenvalue weighted by Gasteiger charge is -2.11. The van der Waals surface area contributed by atoms with E-state index in [0.717, 1.165) is 17.7 Å². The van der Waals surface area contributed by atoms with Crippen molar-refractivity contribution >= 4 is 17.5 Å². The average molecular weight is 301 g/mol. The second kappa shape index (κ2) is 7.73. The molecule has 1 heterocycles. The molecule has 0 bridgehead atoms. The molecule has 0 radical (unpaired) electrons. The quantitative estimate of drug-likeness (QED) is 0.875. The van der Waals surface area contributed by atoms with Crippen LogP contribution >= 0.6 is 0 Å². The van der Waals surface area contributed by atoms with Crippen LogP contribution in [0, 0.1) is 5.92 Å². The summed E-state index contributed by atoms with van der Waals surface area (Å²) in [7, 11) is 0. The molecule has 1 aromatic rings. The molecular weight excluding hydrogens is 278 g/mol. The van der Waals surface area contributed by atoms with Crippen LogP contribution in [0.4, 0.5) is 0 Å². The molecule has 0 spiro atoms. The Hall–Kier alpha value is -2.17. The summed E-state index contributed by atoms with van der Waals surface area (Å²) in [5.74, 6) is 0.246. The summed E-state index contributed by atoms with van der Waals surface area (Å²) in [4.78, 5) is 23.7. The van der Waals surface area contributed by atoms with Gasteiger partial charge in [-0.2, -0.15) is 5.10 Å². The first-order chi connectivity index (χ1) is 10.6. The number of rotatable bonds is 6. The maximum absolute atomic E-state index is 12.1. The van der Waals surface area contributed by atoms with Crippen molar-refractivity contribution in [1.82, 2.24) is 10.3 Å². The Balaban J connectivity index is 1.82. The predicted molar refractivity (Wildman–Crippen MR) is 86.4 cm³/mol. The number of benzene rings is 1. The third-order valence-corrected chi connectivity index (χ3v) is 3.47. The molecular formula is C17H23N3O2. The van der Waals surface area contributed by atoms with Gasteiger partial charge in [0, 0.05) is 25.8 Å². The van der Waals surface area contributed by atoms with Crippen LogP contribution in [0.1, 0.15) is 38.7 Å². The molecule has 1 aromatic carbocycles. The molecule has 118 valence electrons. The maximum atomic E-state index is 12.1. The van der Waals surface area contributed by atoms with Crippen LogP contribution in [-0.2, 0) is 9.59 Å². The predicted octanol–water partition coefficient (Wildman–Crippen LogP) is 2.18. The van der Waals surface area contributed by atoms with Crippen molar-refractivity contribution in [2.24, 2.45) is 11.0 Å². The first-order valence-electron chi connectivity index (χ1n) is 7.76. The Kier molecular flexibility index (Phi) is 5.69. The SMILES string of the molecule is CC(C)CNC(=O)CCC(=O)N1CCC(c2ccccc2)=N1. The summed E-state index contributed by atoms with van der Waals surface area (Å²) < 4.78 is 0. The van der Waals surface area contributed by atoms with Gasteiger partial charge in [0.15, 0.2) is 0 Å². The van der Waals surface area contributed by atoms with Gasteiger partial charge in [0.1, 0.15) is 0 Å². The van der Waals surface area contributed by atoms with E-state index in [2.05, 4.69) is 10.4 Å². The fourth-order valence-corrected chi connectivity index (χ4v) is 2.23. The van der Waals surface area contributed by atoms with Crippen LogP contribution in [0.2, 0.25) is 0 Å². The molecule has 0 aliphatic carbocycles. The van der Waals surface area contributed by atoms with Gasteiger partial charge < -0.3 is 5.32 Å². The number of hydrogen-bond donors (Lipinski definition) is 1. The zero-order valence-corrected chi connectivity index (χ0v) is 13.2. The van der Waals surface area contributed by atoms with E-state index in [9.17, 15) is 9.59 Å². The zero-order chi connectivity index (χ0) is 15.9. The molecule has 0 atom stereocenters. The Labute approximate surface area is 131 Å². The average Bonchev–Trinajstić information content (AvgIpc) is 3.01. The Morgan fingerprint density at radius 2 is 1.95 bits per heavy atom. The number of hydrogen-bond acceptors (Lipinski definition) is 3. The summed E-state index contributed by atoms with van der Waals surface area (Å²) in [6, 6.07) is 9.86. The largest absolute Gasteiger partial charge is 0.356 e. The Morgan fingerprint density at radius 1 is 1.23 bits per heavy atom. The van der Waals surface area contributed by atoms with E-state index in [1.54, 1.807) is 0 Å². The molecule has 0 unspecified atom stereocenters. The van der Waals surface area contributed by atoms with Crippen LogP contribution in [0.15, 0.2) is 35.4 Å². The van der Waals surface area contributed by atoms with Crippen molar-refractivity contribution in [2.45, 2.75) is 33.1 Å². The van der Waals surface area contributed by atoms with Crippen molar-refractivity contribution < 1.29 is 9.59 Å². The first kappa shape index (κ1) is 16.2. The van der Waals surface area contributed by atoms with E-state index < -0.39 is 0 Å². The highest BCUT2D eigenvalue weighted by Gasteiger charge is 2.21. The van der Waals surface area contributed by atoms with Gasteiger partial charge >= 0.3 is 0 Å². The van der Waals surface area contributed by atoms with Gasteiger partial charge in [-0.3, -0.25) is 9.59 Å². The molecule has 5 nitrogen and oxygen atoms in total. The van der Waals surface area contributed by atoms with Crippen molar-refractivity contribution in [3.05, 3.63) is 35.9 Å². The van der Waals surface area contributed by atoms with Crippen molar-refractivity contribution in [3.63, 3.8) is 0 Å². The minimum absolute atomic E-state index is 0.0755. The molecule has 1 aliphatic heterocycles. The summed E-state index contributed by atoms with van der Waals surface area (Å²) in [6.07, 6.45) is 1.18. The highest BCUT2D eigenvalue weighted by Crippen LogP contribution is 2.14. The number of amides is 2. The molecule has 0 aromatic heterocycles. The number of nitrogens with zero attached hydrogens (tertiary/aromatic N) is 2. The lowest BCUT2D eigenvalue weighted by molar-refractivity contribution is -0.133. The molecule has 0 fully saturated rings. The van der Waals surface area contributed by atoms with Gasteiger partial charge in [0.2, 0.25) is 11.8 Å². The Bertz CT molecular complexity index is 552. The highest BCUT2D eigenvalue weighted by atomic mass is 16.2. The first-order valence-corrected chi connectivity index (χ1v) is 7.76. The molecule has 5 heteroatoms. The van der Waals surface area contributed by atoms with Crippen molar-refractivity contribution in [3.8, 4) is 0 Å². The molecule has 2 rings (SSSR count). The Morgan fingerprint density at radius 3 is 2.64 bits per heavy atom. The monoisotopic (exact) mass is 301 g/mol. The van der Waals surface area contributed by atoms with Crippen LogP contribution in [0.25, 0.3) is 0 Å². The third kappa shape index (κ3) is 4.69. The van der Waals surface area contributed by atoms with Gasteiger partial charge in [0.25, 0.3) is 0 Å². The molecule has 2 amide bonds. The molecule has 1 N–H and O–H groups in total. The number of carbonyl (C=O) groups is 2. The van der Waals surface area contributed by atoms with Crippen LogP contribution in [0.3, 0.4) is 0 Å². The highest BCUT2D eigenvalue weighted by molar-refractivity contribution is 6.02. The van der Waals surface area contributed by atoms with E-state index >= 15 is 0 Å². The second-order valence-electron chi connectivity index (χ2n) is 5.88. The second-order valence-corrected chi connectivity index (χ2v) is 5.88. The van der Waals surface area contributed by atoms with E-state index in [1.807, 2.05) is 44.2 Å². The molecule has 1 aliphatic rings. The van der Waals surface area contributed by atoms with Crippen molar-refractivity contribution in [1.29, 1.82) is 0 Å². The summed E-state index contributed by atoms with van der Waals surface area (Å²) in [6.45, 7) is 5.31. The number of hydrazone groups is 1. The smallest absolute Gasteiger partial charge is 0.243 e. The number of nitrogens with one attached hydrogen (secondary N) is 1. The minimum atomic E-state index is -0.0920. The minimum Gasteiger partial charge on any atom is -0.356 e. The van der Waals surface area contributed by atoms with Crippen LogP contribution < -0.4 is 5.32 Å². The molecule has 22 heavy (non-hydrogen) atoms. The summed E-state index contributed by atoms with van der Waals surface area (Å²) in [5.41, 5.74) is 1.98. The van der Waals surface area contributed by atoms with Gasteiger partial charge in [-0.05, 0) is 11.5 Å². The standard InChI is InChI=1S/C17H23N3O2/c1-13(2)12-18-16(21)8-9-17(22)20-11-10-15(19-20)14-6-4-3-5-7-14/h3-7,13H,8-12H2,1-2H3,(H,18,21). The van der Waals surface area contributed by atoms with Gasteiger partial charge in [-0.15, -0.1) is 0 Å². The summed E-state index contributed by atoms with van der Waals surface area (Å²) >= 11 is 0. The molecule has 0 saturated heterocycles. The summed E-state index contributed by atoms with van der Waals surface area (Å²) in [5, 5.41) is 8.68. The van der Waals surface area contributed by atoms with Crippen molar-refractivity contribution in [2.75, 3.05) is 13.1 Å². The topological polar surface area (TPSA) is 61.8 Å². The number of carbonyl (C=O) groups excluding carboxylic acids is 2. The molecule has 0 saturated carbocycles. The van der Waals surface area contributed by atoms with Gasteiger partial charge in [0.05, 0.1) is 12.3 Å². The third-order valence-electron chi connectivity index (χ3n) is 3.47. The normalized spacial score (nSPS) is 14.1. The van der Waals surface area contributed by atoms with Gasteiger partial charge in [-0.25, -0.2) is 5.01 Å². The lowest BCUT2D eigenvalue weighted by Crippen LogP contribution is -2.29. The van der Waals surface area contributed by atoms with E-state index in [-0.39, 0.29) is 24.7 Å². The van der Waals surface area contributed by atoms with E-state index in [0.29, 0.717) is 19.0 Å². The fraction of sp³-hybridized carbons (Fsp3) is 0.471. The van der Waals surface area contributed by atoms with Gasteiger partial charge in [-0.1, -0.05) is 44.2 Å². The van der Waals surface area contributed by atoms with Crippen LogP contribution in [-0.4, -0.2) is 35.6 Å². The van der Waals surface area contributed by atoms with Crippen LogP contribution in [0.5, 0.6) is 0 Å².